The molecule has 0 fully saturated rings. The maximum atomic E-state index is 9.35. The van der Waals surface area contributed by atoms with Gasteiger partial charge in [0, 0.05) is 22.4 Å². The van der Waals surface area contributed by atoms with Gasteiger partial charge < -0.3 is 0 Å². The molecule has 5 aromatic rings. The maximum absolute atomic E-state index is 9.35. The highest BCUT2D eigenvalue weighted by atomic mass is 14.8. The van der Waals surface area contributed by atoms with Crippen molar-refractivity contribution < 1.29 is 0 Å². The largest absolute Gasteiger partial charge is 0.256 e. The van der Waals surface area contributed by atoms with Gasteiger partial charge in [-0.05, 0) is 35.0 Å². The molecule has 0 N–H and O–H groups in total. The Bertz CT molecular complexity index is 1460. The Morgan fingerprint density at radius 2 is 1.23 bits per heavy atom. The summed E-state index contributed by atoms with van der Waals surface area (Å²) in [6, 6.07) is 19.9. The highest BCUT2D eigenvalue weighted by molar-refractivity contribution is 6.24. The lowest BCUT2D eigenvalue weighted by atomic mass is 9.99. The Balaban J connectivity index is 2.14. The van der Waals surface area contributed by atoms with Crippen LogP contribution in [0, 0.1) is 22.7 Å². The van der Waals surface area contributed by atoms with Crippen LogP contribution in [0.4, 0.5) is 0 Å². The van der Waals surface area contributed by atoms with Gasteiger partial charge in [-0.15, -0.1) is 0 Å². The standard InChI is InChI=1S/C21H9N5/c22-10-17-18(11-23)26-21-16-9-13-5-2-1-4-12(13)8-15(16)19-14(20(21)25-17)6-3-7-24-19/h1-9H. The molecular weight excluding hydrogens is 322 g/mol. The van der Waals surface area contributed by atoms with E-state index in [1.165, 1.54) is 0 Å². The minimum absolute atomic E-state index is 0.0327. The van der Waals surface area contributed by atoms with Gasteiger partial charge in [0.1, 0.15) is 17.7 Å². The molecular formula is C21H9N5. The molecule has 0 aliphatic heterocycles. The van der Waals surface area contributed by atoms with Gasteiger partial charge in [0.15, 0.2) is 11.4 Å². The smallest absolute Gasteiger partial charge is 0.177 e. The van der Waals surface area contributed by atoms with Crippen LogP contribution in [-0.4, -0.2) is 15.0 Å². The lowest BCUT2D eigenvalue weighted by Gasteiger charge is -2.10. The highest BCUT2D eigenvalue weighted by Crippen LogP contribution is 2.34. The summed E-state index contributed by atoms with van der Waals surface area (Å²) < 4.78 is 0. The monoisotopic (exact) mass is 331 g/mol. The topological polar surface area (TPSA) is 86.2 Å². The molecule has 2 aromatic heterocycles. The third-order valence-electron chi connectivity index (χ3n) is 4.57. The van der Waals surface area contributed by atoms with Crippen LogP contribution < -0.4 is 0 Å². The lowest BCUT2D eigenvalue weighted by Crippen LogP contribution is -1.98. The van der Waals surface area contributed by atoms with E-state index in [1.807, 2.05) is 48.5 Å². The van der Waals surface area contributed by atoms with Crippen molar-refractivity contribution in [3.8, 4) is 12.1 Å². The van der Waals surface area contributed by atoms with Crippen LogP contribution in [0.15, 0.2) is 54.7 Å². The summed E-state index contributed by atoms with van der Waals surface area (Å²) in [5.41, 5.74) is 2.08. The molecule has 5 heteroatoms. The first-order valence-corrected chi connectivity index (χ1v) is 8.01. The summed E-state index contributed by atoms with van der Waals surface area (Å²) >= 11 is 0. The zero-order valence-electron chi connectivity index (χ0n) is 13.4. The molecule has 0 atom stereocenters. The van der Waals surface area contributed by atoms with Crippen molar-refractivity contribution in [1.29, 1.82) is 10.5 Å². The van der Waals surface area contributed by atoms with E-state index in [9.17, 15) is 10.5 Å². The first-order chi connectivity index (χ1) is 12.8. The highest BCUT2D eigenvalue weighted by Gasteiger charge is 2.16. The molecule has 0 bridgehead atoms. The molecule has 118 valence electrons. The number of fused-ring (bicyclic) bond motifs is 7. The normalized spacial score (nSPS) is 11.0. The van der Waals surface area contributed by atoms with Gasteiger partial charge in [0.2, 0.25) is 0 Å². The summed E-state index contributed by atoms with van der Waals surface area (Å²) in [6.07, 6.45) is 1.74. The van der Waals surface area contributed by atoms with Crippen LogP contribution >= 0.6 is 0 Å². The number of hydrogen-bond donors (Lipinski definition) is 0. The second-order valence-corrected chi connectivity index (χ2v) is 5.99. The second kappa shape index (κ2) is 5.20. The molecule has 0 unspecified atom stereocenters. The molecule has 0 aliphatic carbocycles. The van der Waals surface area contributed by atoms with Crippen molar-refractivity contribution in [2.24, 2.45) is 0 Å². The molecule has 0 radical (unpaired) electrons. The Labute approximate surface area is 147 Å². The Hall–Kier alpha value is -4.09. The van der Waals surface area contributed by atoms with Crippen molar-refractivity contribution in [1.82, 2.24) is 15.0 Å². The van der Waals surface area contributed by atoms with Gasteiger partial charge in [0.25, 0.3) is 0 Å². The molecule has 2 heterocycles. The predicted molar refractivity (Wildman–Crippen MR) is 99.3 cm³/mol. The van der Waals surface area contributed by atoms with Crippen LogP contribution in [0.5, 0.6) is 0 Å². The van der Waals surface area contributed by atoms with Crippen LogP contribution in [-0.2, 0) is 0 Å². The van der Waals surface area contributed by atoms with E-state index in [0.29, 0.717) is 11.0 Å². The first kappa shape index (κ1) is 14.3. The predicted octanol–water partition coefficient (Wildman–Crippen LogP) is 4.23. The van der Waals surface area contributed by atoms with Crippen molar-refractivity contribution >= 4 is 43.5 Å². The number of nitrogens with zero attached hydrogens (tertiary/aromatic N) is 5. The summed E-state index contributed by atoms with van der Waals surface area (Å²) in [5, 5.41) is 23.5. The number of nitriles is 2. The number of rotatable bonds is 0. The van der Waals surface area contributed by atoms with E-state index in [0.717, 1.165) is 32.4 Å². The van der Waals surface area contributed by atoms with Crippen molar-refractivity contribution in [2.45, 2.75) is 0 Å². The fourth-order valence-corrected chi connectivity index (χ4v) is 3.41. The molecule has 0 aliphatic rings. The summed E-state index contributed by atoms with van der Waals surface area (Å²) in [4.78, 5) is 13.5. The minimum atomic E-state index is 0.0327. The molecule has 0 saturated heterocycles. The molecule has 0 spiro atoms. The molecule has 5 rings (SSSR count). The minimum Gasteiger partial charge on any atom is -0.256 e. The average molecular weight is 331 g/mol. The Morgan fingerprint density at radius 1 is 0.654 bits per heavy atom. The Kier molecular flexibility index (Phi) is 2.86. The summed E-state index contributed by atoms with van der Waals surface area (Å²) in [6.45, 7) is 0. The molecule has 3 aromatic carbocycles. The van der Waals surface area contributed by atoms with Gasteiger partial charge in [0.05, 0.1) is 11.0 Å². The first-order valence-electron chi connectivity index (χ1n) is 8.01. The van der Waals surface area contributed by atoms with E-state index in [4.69, 9.17) is 0 Å². The van der Waals surface area contributed by atoms with Gasteiger partial charge in [-0.25, -0.2) is 9.97 Å². The van der Waals surface area contributed by atoms with Gasteiger partial charge >= 0.3 is 0 Å². The number of hydrogen-bond acceptors (Lipinski definition) is 5. The molecule has 5 nitrogen and oxygen atoms in total. The van der Waals surface area contributed by atoms with Crippen molar-refractivity contribution in [3.63, 3.8) is 0 Å². The SMILES string of the molecule is N#Cc1nc2c3cc4ccccc4cc3c3ncccc3c2nc1C#N. The number of benzene rings is 3. The zero-order chi connectivity index (χ0) is 17.7. The van der Waals surface area contributed by atoms with Crippen molar-refractivity contribution in [3.05, 3.63) is 66.1 Å². The lowest BCUT2D eigenvalue weighted by molar-refractivity contribution is 1.21. The third kappa shape index (κ3) is 1.86. The molecule has 26 heavy (non-hydrogen) atoms. The van der Waals surface area contributed by atoms with Gasteiger partial charge in [-0.1, -0.05) is 24.3 Å². The van der Waals surface area contributed by atoms with Gasteiger partial charge in [-0.2, -0.15) is 10.5 Å². The van der Waals surface area contributed by atoms with Crippen LogP contribution in [0.2, 0.25) is 0 Å². The van der Waals surface area contributed by atoms with Crippen LogP contribution in [0.25, 0.3) is 43.5 Å². The van der Waals surface area contributed by atoms with E-state index >= 15 is 0 Å². The van der Waals surface area contributed by atoms with E-state index in [2.05, 4.69) is 27.1 Å². The zero-order valence-corrected chi connectivity index (χ0v) is 13.4. The van der Waals surface area contributed by atoms with Crippen LogP contribution in [0.3, 0.4) is 0 Å². The Morgan fingerprint density at radius 3 is 1.85 bits per heavy atom. The second-order valence-electron chi connectivity index (χ2n) is 5.99. The average Bonchev–Trinajstić information content (AvgIpc) is 2.71. The third-order valence-corrected chi connectivity index (χ3v) is 4.57. The van der Waals surface area contributed by atoms with Crippen molar-refractivity contribution in [2.75, 3.05) is 0 Å². The number of pyridine rings is 1. The molecule has 0 saturated carbocycles. The van der Waals surface area contributed by atoms with E-state index in [1.54, 1.807) is 6.20 Å². The molecule has 0 amide bonds. The fraction of sp³-hybridized carbons (Fsp3) is 0. The summed E-state index contributed by atoms with van der Waals surface area (Å²) in [5.74, 6) is 0. The number of aromatic nitrogens is 3. The van der Waals surface area contributed by atoms with E-state index in [-0.39, 0.29) is 11.4 Å². The van der Waals surface area contributed by atoms with Crippen LogP contribution in [0.1, 0.15) is 11.4 Å². The van der Waals surface area contributed by atoms with E-state index < -0.39 is 0 Å². The maximum Gasteiger partial charge on any atom is 0.177 e. The summed E-state index contributed by atoms with van der Waals surface area (Å²) in [7, 11) is 0. The van der Waals surface area contributed by atoms with Gasteiger partial charge in [-0.3, -0.25) is 4.98 Å². The quantitative estimate of drug-likeness (QED) is 0.313. The fourth-order valence-electron chi connectivity index (χ4n) is 3.41.